The van der Waals surface area contributed by atoms with E-state index in [9.17, 15) is 18.0 Å². The summed E-state index contributed by atoms with van der Waals surface area (Å²) in [5.74, 6) is -0.516. The number of hydrogen-bond donors (Lipinski definition) is 1. The summed E-state index contributed by atoms with van der Waals surface area (Å²) in [6.45, 7) is 2.37. The number of rotatable bonds is 13. The Bertz CT molecular complexity index is 1350. The van der Waals surface area contributed by atoms with Gasteiger partial charge in [0, 0.05) is 38.0 Å². The van der Waals surface area contributed by atoms with E-state index in [1.54, 1.807) is 42.3 Å². The molecule has 0 saturated carbocycles. The maximum absolute atomic E-state index is 13.7. The SMILES string of the molecule is CCc1ccc(N(CCCC(=O)N(Cc2cccc(Cl)c2)[C@@H](Cc2ccccc2)C(=O)NC)S(C)(=O)=O)cc1. The molecule has 0 aliphatic heterocycles. The van der Waals surface area contributed by atoms with Crippen LogP contribution in [0.4, 0.5) is 5.69 Å². The number of likely N-dealkylation sites (N-methyl/N-ethyl adjacent to an activating group) is 1. The minimum Gasteiger partial charge on any atom is -0.357 e. The lowest BCUT2D eigenvalue weighted by Crippen LogP contribution is -2.49. The Morgan fingerprint density at radius 2 is 1.59 bits per heavy atom. The van der Waals surface area contributed by atoms with Crippen LogP contribution >= 0.6 is 11.6 Å². The first-order valence-corrected chi connectivity index (χ1v) is 15.2. The van der Waals surface area contributed by atoms with Crippen molar-refractivity contribution in [2.45, 2.75) is 45.2 Å². The predicted octanol–water partition coefficient (Wildman–Crippen LogP) is 4.83. The molecule has 9 heteroatoms. The van der Waals surface area contributed by atoms with Crippen LogP contribution in [0.2, 0.25) is 5.02 Å². The van der Waals surface area contributed by atoms with Gasteiger partial charge in [0.25, 0.3) is 0 Å². The number of halogens is 1. The average Bonchev–Trinajstić information content (AvgIpc) is 2.92. The van der Waals surface area contributed by atoms with Crippen LogP contribution in [0.5, 0.6) is 0 Å². The Morgan fingerprint density at radius 3 is 2.18 bits per heavy atom. The van der Waals surface area contributed by atoms with Gasteiger partial charge in [-0.3, -0.25) is 13.9 Å². The summed E-state index contributed by atoms with van der Waals surface area (Å²) in [5, 5.41) is 3.24. The zero-order valence-electron chi connectivity index (χ0n) is 22.6. The molecule has 7 nitrogen and oxygen atoms in total. The molecule has 3 rings (SSSR count). The summed E-state index contributed by atoms with van der Waals surface area (Å²) in [5.41, 5.74) is 3.39. The van der Waals surface area contributed by atoms with Crippen LogP contribution in [-0.4, -0.2) is 51.0 Å². The van der Waals surface area contributed by atoms with Gasteiger partial charge >= 0.3 is 0 Å². The van der Waals surface area contributed by atoms with Crippen LogP contribution < -0.4 is 9.62 Å². The van der Waals surface area contributed by atoms with Crippen molar-refractivity contribution in [3.63, 3.8) is 0 Å². The van der Waals surface area contributed by atoms with Gasteiger partial charge in [0.1, 0.15) is 6.04 Å². The van der Waals surface area contributed by atoms with Crippen molar-refractivity contribution in [2.75, 3.05) is 24.2 Å². The van der Waals surface area contributed by atoms with Gasteiger partial charge in [-0.15, -0.1) is 0 Å². The Labute approximate surface area is 236 Å². The molecule has 1 N–H and O–H groups in total. The molecule has 0 unspecified atom stereocenters. The number of benzene rings is 3. The largest absolute Gasteiger partial charge is 0.357 e. The van der Waals surface area contributed by atoms with E-state index in [1.807, 2.05) is 55.5 Å². The fourth-order valence-corrected chi connectivity index (χ4v) is 5.63. The van der Waals surface area contributed by atoms with E-state index >= 15 is 0 Å². The van der Waals surface area contributed by atoms with Crippen molar-refractivity contribution in [3.05, 3.63) is 101 Å². The van der Waals surface area contributed by atoms with Crippen molar-refractivity contribution >= 4 is 39.1 Å². The third-order valence-corrected chi connectivity index (χ3v) is 7.97. The van der Waals surface area contributed by atoms with E-state index in [0.29, 0.717) is 23.6 Å². The molecule has 0 radical (unpaired) electrons. The number of anilines is 1. The number of nitrogens with one attached hydrogen (secondary N) is 1. The fraction of sp³-hybridized carbons (Fsp3) is 0.333. The van der Waals surface area contributed by atoms with Gasteiger partial charge in [-0.1, -0.05) is 73.1 Å². The molecule has 0 heterocycles. The number of amides is 2. The molecule has 3 aromatic carbocycles. The summed E-state index contributed by atoms with van der Waals surface area (Å²) in [6.07, 6.45) is 2.72. The summed E-state index contributed by atoms with van der Waals surface area (Å²) in [6, 6.07) is 23.4. The first kappa shape index (κ1) is 30.2. The smallest absolute Gasteiger partial charge is 0.242 e. The minimum absolute atomic E-state index is 0.0713. The molecule has 1 atom stereocenters. The van der Waals surface area contributed by atoms with Gasteiger partial charge < -0.3 is 10.2 Å². The van der Waals surface area contributed by atoms with Gasteiger partial charge in [0.2, 0.25) is 21.8 Å². The Balaban J connectivity index is 1.83. The lowest BCUT2D eigenvalue weighted by molar-refractivity contribution is -0.141. The van der Waals surface area contributed by atoms with Gasteiger partial charge in [-0.2, -0.15) is 0 Å². The van der Waals surface area contributed by atoms with E-state index in [0.717, 1.165) is 29.4 Å². The van der Waals surface area contributed by atoms with Crippen LogP contribution in [0.3, 0.4) is 0 Å². The molecule has 0 aliphatic rings. The van der Waals surface area contributed by atoms with Crippen molar-refractivity contribution in [2.24, 2.45) is 0 Å². The van der Waals surface area contributed by atoms with Crippen LogP contribution in [0, 0.1) is 0 Å². The number of sulfonamides is 1. The van der Waals surface area contributed by atoms with Crippen molar-refractivity contribution in [3.8, 4) is 0 Å². The van der Waals surface area contributed by atoms with Gasteiger partial charge in [0.15, 0.2) is 0 Å². The number of aryl methyl sites for hydroxylation is 1. The third kappa shape index (κ3) is 8.83. The third-order valence-electron chi connectivity index (χ3n) is 6.54. The first-order valence-electron chi connectivity index (χ1n) is 13.0. The molecule has 2 amide bonds. The maximum Gasteiger partial charge on any atom is 0.242 e. The molecule has 0 aliphatic carbocycles. The molecule has 39 heavy (non-hydrogen) atoms. The monoisotopic (exact) mass is 569 g/mol. The molecule has 208 valence electrons. The van der Waals surface area contributed by atoms with E-state index in [4.69, 9.17) is 11.6 Å². The highest BCUT2D eigenvalue weighted by Crippen LogP contribution is 2.21. The standard InChI is InChI=1S/C30H36ClN3O4S/c1-4-23-15-17-27(18-16-23)34(39(3,37)38)19-9-14-29(35)33(22-25-12-8-13-26(31)20-25)28(30(36)32-2)21-24-10-6-5-7-11-24/h5-8,10-13,15-18,20,28H,4,9,14,19,21-22H2,1-3H3,(H,32,36)/t28-/m0/s1. The number of nitrogens with zero attached hydrogens (tertiary/aromatic N) is 2. The highest BCUT2D eigenvalue weighted by atomic mass is 35.5. The average molecular weight is 570 g/mol. The van der Waals surface area contributed by atoms with E-state index in [1.165, 1.54) is 4.31 Å². The maximum atomic E-state index is 13.7. The lowest BCUT2D eigenvalue weighted by Gasteiger charge is -2.31. The van der Waals surface area contributed by atoms with Crippen molar-refractivity contribution in [1.82, 2.24) is 10.2 Å². The summed E-state index contributed by atoms with van der Waals surface area (Å²) in [4.78, 5) is 28.3. The molecular weight excluding hydrogens is 534 g/mol. The highest BCUT2D eigenvalue weighted by molar-refractivity contribution is 7.92. The zero-order chi connectivity index (χ0) is 28.4. The quantitative estimate of drug-likeness (QED) is 0.319. The van der Waals surface area contributed by atoms with E-state index < -0.39 is 16.1 Å². The summed E-state index contributed by atoms with van der Waals surface area (Å²) < 4.78 is 26.5. The van der Waals surface area contributed by atoms with Gasteiger partial charge in [0.05, 0.1) is 11.9 Å². The van der Waals surface area contributed by atoms with Crippen LogP contribution in [0.25, 0.3) is 0 Å². The molecule has 0 aromatic heterocycles. The topological polar surface area (TPSA) is 86.8 Å². The second kappa shape index (κ2) is 14.1. The second-order valence-corrected chi connectivity index (χ2v) is 11.8. The van der Waals surface area contributed by atoms with Crippen LogP contribution in [0.1, 0.15) is 36.5 Å². The van der Waals surface area contributed by atoms with Crippen molar-refractivity contribution in [1.29, 1.82) is 0 Å². The number of carbonyl (C=O) groups excluding carboxylic acids is 2. The first-order chi connectivity index (χ1) is 18.6. The predicted molar refractivity (Wildman–Crippen MR) is 157 cm³/mol. The molecule has 0 bridgehead atoms. The molecule has 0 spiro atoms. The van der Waals surface area contributed by atoms with Crippen LogP contribution in [-0.2, 0) is 39.0 Å². The van der Waals surface area contributed by atoms with Gasteiger partial charge in [-0.25, -0.2) is 8.42 Å². The van der Waals surface area contributed by atoms with Crippen LogP contribution in [0.15, 0.2) is 78.9 Å². The minimum atomic E-state index is -3.55. The fourth-order valence-electron chi connectivity index (χ4n) is 4.45. The number of carbonyl (C=O) groups is 2. The molecule has 0 saturated heterocycles. The number of hydrogen-bond acceptors (Lipinski definition) is 4. The van der Waals surface area contributed by atoms with E-state index in [2.05, 4.69) is 5.32 Å². The highest BCUT2D eigenvalue weighted by Gasteiger charge is 2.30. The Hall–Kier alpha value is -3.36. The molecular formula is C30H36ClN3O4S. The van der Waals surface area contributed by atoms with Crippen molar-refractivity contribution < 1.29 is 18.0 Å². The molecule has 0 fully saturated rings. The summed E-state index contributed by atoms with van der Waals surface area (Å²) in [7, 11) is -2.00. The van der Waals surface area contributed by atoms with Gasteiger partial charge in [-0.05, 0) is 53.8 Å². The Kier molecular flexibility index (Phi) is 10.9. The zero-order valence-corrected chi connectivity index (χ0v) is 24.2. The lowest BCUT2D eigenvalue weighted by atomic mass is 10.0. The molecule has 3 aromatic rings. The Morgan fingerprint density at radius 1 is 0.923 bits per heavy atom. The normalized spacial score (nSPS) is 12.0. The summed E-state index contributed by atoms with van der Waals surface area (Å²) >= 11 is 6.20. The van der Waals surface area contributed by atoms with E-state index in [-0.39, 0.29) is 31.3 Å². The second-order valence-electron chi connectivity index (χ2n) is 9.43.